The summed E-state index contributed by atoms with van der Waals surface area (Å²) in [5.41, 5.74) is 3.61. The van der Waals surface area contributed by atoms with Gasteiger partial charge in [-0.15, -0.1) is 0 Å². The summed E-state index contributed by atoms with van der Waals surface area (Å²) in [6, 6.07) is 18.3. The highest BCUT2D eigenvalue weighted by Gasteiger charge is 2.12. The minimum absolute atomic E-state index is 0.145. The van der Waals surface area contributed by atoms with Gasteiger partial charge in [-0.05, 0) is 35.4 Å². The standard InChI is InChI=1S/C21H15NO4/c23-21(24)18-7-3-4-8-19(18)26-13-15-5-1-2-6-17(15)16-11-14-9-10-25-20(14)22-12-16/h1-12H,13H2,(H,23,24). The molecule has 0 aliphatic rings. The minimum Gasteiger partial charge on any atom is -0.488 e. The van der Waals surface area contributed by atoms with E-state index >= 15 is 0 Å². The lowest BCUT2D eigenvalue weighted by molar-refractivity contribution is 0.0692. The molecular weight excluding hydrogens is 330 g/mol. The maximum Gasteiger partial charge on any atom is 0.339 e. The molecule has 0 spiro atoms. The van der Waals surface area contributed by atoms with Crippen LogP contribution in [-0.4, -0.2) is 16.1 Å². The van der Waals surface area contributed by atoms with E-state index in [1.165, 1.54) is 6.07 Å². The number of rotatable bonds is 5. The van der Waals surface area contributed by atoms with Crippen molar-refractivity contribution >= 4 is 17.1 Å². The molecule has 0 radical (unpaired) electrons. The van der Waals surface area contributed by atoms with Crippen LogP contribution in [-0.2, 0) is 6.61 Å². The molecule has 0 atom stereocenters. The largest absolute Gasteiger partial charge is 0.488 e. The first-order valence-electron chi connectivity index (χ1n) is 8.09. The van der Waals surface area contributed by atoms with Crippen molar-refractivity contribution in [2.24, 2.45) is 0 Å². The summed E-state index contributed by atoms with van der Waals surface area (Å²) in [4.78, 5) is 15.7. The quantitative estimate of drug-likeness (QED) is 0.564. The molecule has 5 heteroatoms. The van der Waals surface area contributed by atoms with E-state index in [-0.39, 0.29) is 12.2 Å². The second kappa shape index (κ2) is 6.72. The van der Waals surface area contributed by atoms with E-state index in [1.54, 1.807) is 30.7 Å². The first kappa shape index (κ1) is 15.9. The lowest BCUT2D eigenvalue weighted by Gasteiger charge is -2.12. The fourth-order valence-corrected chi connectivity index (χ4v) is 2.86. The van der Waals surface area contributed by atoms with E-state index < -0.39 is 5.97 Å². The molecule has 5 nitrogen and oxygen atoms in total. The Hall–Kier alpha value is -3.60. The Morgan fingerprint density at radius 2 is 1.88 bits per heavy atom. The molecular formula is C21H15NO4. The maximum absolute atomic E-state index is 11.3. The Bertz CT molecular complexity index is 1080. The van der Waals surface area contributed by atoms with E-state index in [0.29, 0.717) is 11.5 Å². The number of hydrogen-bond donors (Lipinski definition) is 1. The SMILES string of the molecule is O=C(O)c1ccccc1OCc1ccccc1-c1cnc2occc2c1. The van der Waals surface area contributed by atoms with Crippen LogP contribution in [0.2, 0.25) is 0 Å². The van der Waals surface area contributed by atoms with Crippen LogP contribution in [0, 0.1) is 0 Å². The maximum atomic E-state index is 11.3. The van der Waals surface area contributed by atoms with Gasteiger partial charge in [-0.3, -0.25) is 0 Å². The Morgan fingerprint density at radius 1 is 1.08 bits per heavy atom. The second-order valence-corrected chi connectivity index (χ2v) is 5.79. The highest BCUT2D eigenvalue weighted by Crippen LogP contribution is 2.28. The van der Waals surface area contributed by atoms with Gasteiger partial charge < -0.3 is 14.3 Å². The van der Waals surface area contributed by atoms with Gasteiger partial charge in [0.15, 0.2) is 0 Å². The number of aromatic carboxylic acids is 1. The van der Waals surface area contributed by atoms with Crippen LogP contribution in [0.4, 0.5) is 0 Å². The number of pyridine rings is 1. The minimum atomic E-state index is -1.01. The van der Waals surface area contributed by atoms with Crippen molar-refractivity contribution in [2.45, 2.75) is 6.61 Å². The molecule has 0 saturated heterocycles. The van der Waals surface area contributed by atoms with Crippen molar-refractivity contribution in [2.75, 3.05) is 0 Å². The third-order valence-electron chi connectivity index (χ3n) is 4.14. The van der Waals surface area contributed by atoms with Gasteiger partial charge in [0.25, 0.3) is 0 Å². The Kier molecular flexibility index (Phi) is 4.11. The Morgan fingerprint density at radius 3 is 2.77 bits per heavy atom. The molecule has 26 heavy (non-hydrogen) atoms. The second-order valence-electron chi connectivity index (χ2n) is 5.79. The molecule has 2 heterocycles. The van der Waals surface area contributed by atoms with Crippen LogP contribution in [0.1, 0.15) is 15.9 Å². The highest BCUT2D eigenvalue weighted by molar-refractivity contribution is 5.90. The number of ether oxygens (including phenoxy) is 1. The third-order valence-corrected chi connectivity index (χ3v) is 4.14. The Labute approximate surface area is 149 Å². The number of para-hydroxylation sites is 1. The molecule has 1 N–H and O–H groups in total. The zero-order valence-corrected chi connectivity index (χ0v) is 13.8. The fourth-order valence-electron chi connectivity index (χ4n) is 2.86. The van der Waals surface area contributed by atoms with E-state index in [2.05, 4.69) is 4.98 Å². The summed E-state index contributed by atoms with van der Waals surface area (Å²) in [5, 5.41) is 10.2. The van der Waals surface area contributed by atoms with Crippen molar-refractivity contribution < 1.29 is 19.1 Å². The monoisotopic (exact) mass is 345 g/mol. The summed E-state index contributed by atoms with van der Waals surface area (Å²) in [7, 11) is 0. The van der Waals surface area contributed by atoms with Gasteiger partial charge in [0, 0.05) is 17.1 Å². The molecule has 128 valence electrons. The first-order valence-corrected chi connectivity index (χ1v) is 8.09. The van der Waals surface area contributed by atoms with Crippen LogP contribution in [0.15, 0.2) is 77.5 Å². The van der Waals surface area contributed by atoms with Gasteiger partial charge in [-0.1, -0.05) is 36.4 Å². The molecule has 0 unspecified atom stereocenters. The smallest absolute Gasteiger partial charge is 0.339 e. The van der Waals surface area contributed by atoms with Crippen LogP contribution in [0.5, 0.6) is 5.75 Å². The zero-order valence-electron chi connectivity index (χ0n) is 13.8. The van der Waals surface area contributed by atoms with Crippen molar-refractivity contribution in [3.63, 3.8) is 0 Å². The van der Waals surface area contributed by atoms with Gasteiger partial charge in [0.05, 0.1) is 6.26 Å². The summed E-state index contributed by atoms with van der Waals surface area (Å²) in [6.45, 7) is 0.254. The number of nitrogens with zero attached hydrogens (tertiary/aromatic N) is 1. The number of fused-ring (bicyclic) bond motifs is 1. The number of aromatic nitrogens is 1. The highest BCUT2D eigenvalue weighted by atomic mass is 16.5. The molecule has 0 aliphatic heterocycles. The molecule has 0 saturated carbocycles. The zero-order chi connectivity index (χ0) is 17.9. The van der Waals surface area contributed by atoms with E-state index in [0.717, 1.165) is 22.1 Å². The van der Waals surface area contributed by atoms with Crippen molar-refractivity contribution in [3.8, 4) is 16.9 Å². The lowest BCUT2D eigenvalue weighted by atomic mass is 10.0. The van der Waals surface area contributed by atoms with Crippen LogP contribution in [0.3, 0.4) is 0 Å². The Balaban J connectivity index is 1.65. The van der Waals surface area contributed by atoms with Gasteiger partial charge in [-0.2, -0.15) is 0 Å². The molecule has 2 aromatic heterocycles. The molecule has 0 aliphatic carbocycles. The molecule has 0 fully saturated rings. The molecule has 4 rings (SSSR count). The van der Waals surface area contributed by atoms with Crippen LogP contribution < -0.4 is 4.74 Å². The predicted octanol–water partition coefficient (Wildman–Crippen LogP) is 4.77. The summed E-state index contributed by atoms with van der Waals surface area (Å²) in [6.07, 6.45) is 3.37. The van der Waals surface area contributed by atoms with Crippen molar-refractivity contribution in [1.29, 1.82) is 0 Å². The summed E-state index contributed by atoms with van der Waals surface area (Å²) >= 11 is 0. The van der Waals surface area contributed by atoms with Gasteiger partial charge in [0.1, 0.15) is 17.9 Å². The van der Waals surface area contributed by atoms with E-state index in [9.17, 15) is 9.90 Å². The molecule has 4 aromatic rings. The summed E-state index contributed by atoms with van der Waals surface area (Å²) in [5.74, 6) is -0.665. The number of furan rings is 1. The van der Waals surface area contributed by atoms with Gasteiger partial charge >= 0.3 is 5.97 Å². The predicted molar refractivity (Wildman–Crippen MR) is 97.2 cm³/mol. The van der Waals surface area contributed by atoms with E-state index in [1.807, 2.05) is 36.4 Å². The number of carboxylic acid groups (broad SMARTS) is 1. The fraction of sp³-hybridized carbons (Fsp3) is 0.0476. The average molecular weight is 345 g/mol. The first-order chi connectivity index (χ1) is 12.7. The molecule has 2 aromatic carbocycles. The van der Waals surface area contributed by atoms with E-state index in [4.69, 9.17) is 9.15 Å². The molecule has 0 amide bonds. The van der Waals surface area contributed by atoms with Crippen molar-refractivity contribution in [3.05, 3.63) is 84.3 Å². The van der Waals surface area contributed by atoms with Gasteiger partial charge in [0.2, 0.25) is 5.71 Å². The normalized spacial score (nSPS) is 10.8. The topological polar surface area (TPSA) is 72.6 Å². The molecule has 0 bridgehead atoms. The summed E-state index contributed by atoms with van der Waals surface area (Å²) < 4.78 is 11.1. The number of benzene rings is 2. The lowest BCUT2D eigenvalue weighted by Crippen LogP contribution is -2.04. The number of carbonyl (C=O) groups is 1. The average Bonchev–Trinajstić information content (AvgIpc) is 3.14. The van der Waals surface area contributed by atoms with Gasteiger partial charge in [-0.25, -0.2) is 9.78 Å². The van der Waals surface area contributed by atoms with Crippen LogP contribution >= 0.6 is 0 Å². The number of hydrogen-bond acceptors (Lipinski definition) is 4. The van der Waals surface area contributed by atoms with Crippen LogP contribution in [0.25, 0.3) is 22.2 Å². The van der Waals surface area contributed by atoms with Crippen molar-refractivity contribution in [1.82, 2.24) is 4.98 Å². The number of carboxylic acids is 1. The third kappa shape index (κ3) is 3.02.